The zero-order chi connectivity index (χ0) is 26.6. The smallest absolute Gasteiger partial charge is 0.419 e. The normalized spacial score (nSPS) is 22.2. The van der Waals surface area contributed by atoms with E-state index in [0.29, 0.717) is 18.9 Å². The van der Waals surface area contributed by atoms with Gasteiger partial charge in [-0.25, -0.2) is 9.18 Å². The van der Waals surface area contributed by atoms with Gasteiger partial charge in [-0.05, 0) is 60.1 Å². The van der Waals surface area contributed by atoms with Gasteiger partial charge in [0.15, 0.2) is 5.78 Å². The first-order valence-corrected chi connectivity index (χ1v) is 12.8. The number of hydrogen-bond donors (Lipinski definition) is 0. The lowest BCUT2D eigenvalue weighted by Gasteiger charge is -2.37. The molecule has 6 rings (SSSR count). The Kier molecular flexibility index (Phi) is 6.00. The highest BCUT2D eigenvalue weighted by Crippen LogP contribution is 2.45. The van der Waals surface area contributed by atoms with Crippen molar-refractivity contribution in [1.82, 2.24) is 4.90 Å². The number of benzene rings is 3. The molecule has 2 unspecified atom stereocenters. The number of carbonyl (C=O) groups is 2. The van der Waals surface area contributed by atoms with Crippen LogP contribution in [0.15, 0.2) is 66.7 Å². The number of rotatable bonds is 4. The molecule has 0 spiro atoms. The van der Waals surface area contributed by atoms with E-state index < -0.39 is 40.9 Å². The summed E-state index contributed by atoms with van der Waals surface area (Å²) in [6.07, 6.45) is -3.44. The highest BCUT2D eigenvalue weighted by atomic mass is 19.4. The van der Waals surface area contributed by atoms with Gasteiger partial charge in [0.05, 0.1) is 11.1 Å². The summed E-state index contributed by atoms with van der Waals surface area (Å²) in [5.41, 5.74) is 2.49. The second kappa shape index (κ2) is 9.26. The molecule has 1 aliphatic carbocycles. The summed E-state index contributed by atoms with van der Waals surface area (Å²) in [4.78, 5) is 28.0. The van der Waals surface area contributed by atoms with Crippen LogP contribution >= 0.6 is 0 Å². The fraction of sp³-hybridized carbons (Fsp3) is 0.333. The largest absolute Gasteiger partial charge is 0.448 e. The average molecular weight is 524 g/mol. The number of alkyl halides is 3. The maximum Gasteiger partial charge on any atom is 0.419 e. The van der Waals surface area contributed by atoms with Crippen LogP contribution in [0.4, 0.5) is 22.4 Å². The molecule has 4 nitrogen and oxygen atoms in total. The summed E-state index contributed by atoms with van der Waals surface area (Å²) in [5, 5.41) is 0. The Balaban J connectivity index is 1.15. The van der Waals surface area contributed by atoms with Crippen LogP contribution in [0, 0.1) is 11.7 Å². The molecule has 2 atom stereocenters. The van der Waals surface area contributed by atoms with E-state index in [0.717, 1.165) is 34.4 Å². The Hall–Kier alpha value is -3.68. The van der Waals surface area contributed by atoms with Crippen LogP contribution in [0.3, 0.4) is 0 Å². The third-order valence-electron chi connectivity index (χ3n) is 8.22. The molecule has 0 aromatic heterocycles. The van der Waals surface area contributed by atoms with E-state index in [-0.39, 0.29) is 37.5 Å². The lowest BCUT2D eigenvalue weighted by Crippen LogP contribution is -2.48. The molecule has 2 aliphatic heterocycles. The van der Waals surface area contributed by atoms with E-state index in [1.165, 1.54) is 0 Å². The number of piperidine rings is 1. The molecule has 3 aliphatic rings. The molecule has 8 heteroatoms. The molecule has 2 heterocycles. The lowest BCUT2D eigenvalue weighted by atomic mass is 9.84. The molecule has 2 saturated heterocycles. The minimum absolute atomic E-state index is 0.0768. The second-order valence-corrected chi connectivity index (χ2v) is 10.3. The van der Waals surface area contributed by atoms with Crippen molar-refractivity contribution in [3.63, 3.8) is 0 Å². The molecule has 1 amide bonds. The van der Waals surface area contributed by atoms with Crippen LogP contribution in [0.2, 0.25) is 0 Å². The zero-order valence-electron chi connectivity index (χ0n) is 20.4. The number of ether oxygens (including phenoxy) is 1. The van der Waals surface area contributed by atoms with E-state index in [2.05, 4.69) is 12.1 Å². The van der Waals surface area contributed by atoms with Crippen molar-refractivity contribution in [2.45, 2.75) is 49.9 Å². The maximum atomic E-state index is 14.6. The predicted octanol–water partition coefficient (Wildman–Crippen LogP) is 7.22. The Labute approximate surface area is 217 Å². The van der Waals surface area contributed by atoms with Gasteiger partial charge >= 0.3 is 12.3 Å². The Morgan fingerprint density at radius 3 is 2.00 bits per heavy atom. The van der Waals surface area contributed by atoms with E-state index in [1.54, 1.807) is 4.90 Å². The van der Waals surface area contributed by atoms with Gasteiger partial charge in [-0.1, -0.05) is 54.6 Å². The summed E-state index contributed by atoms with van der Waals surface area (Å²) >= 11 is 0. The number of nitrogens with zero attached hydrogens (tertiary/aromatic N) is 1. The molecule has 2 fully saturated rings. The van der Waals surface area contributed by atoms with Crippen LogP contribution in [0.1, 0.15) is 58.6 Å². The zero-order valence-corrected chi connectivity index (χ0v) is 20.4. The van der Waals surface area contributed by atoms with Gasteiger partial charge < -0.3 is 9.64 Å². The van der Waals surface area contributed by atoms with Crippen LogP contribution in [-0.2, 0) is 10.9 Å². The molecule has 196 valence electrons. The Bertz CT molecular complexity index is 1360. The molecule has 38 heavy (non-hydrogen) atoms. The summed E-state index contributed by atoms with van der Waals surface area (Å²) in [7, 11) is 0. The summed E-state index contributed by atoms with van der Waals surface area (Å²) in [5.74, 6) is -2.90. The van der Waals surface area contributed by atoms with Gasteiger partial charge in [0.1, 0.15) is 12.4 Å². The number of ketones is 1. The average Bonchev–Trinajstić information content (AvgIpc) is 3.36. The molecule has 0 saturated carbocycles. The van der Waals surface area contributed by atoms with Crippen LogP contribution < -0.4 is 0 Å². The lowest BCUT2D eigenvalue weighted by molar-refractivity contribution is -0.140. The number of fused-ring (bicyclic) bond motifs is 5. The summed E-state index contributed by atoms with van der Waals surface area (Å²) in [6, 6.07) is 18.4. The van der Waals surface area contributed by atoms with Gasteiger partial charge in [-0.3, -0.25) is 4.79 Å². The number of Topliss-reactive ketones (excluding diaryl/α,β-unsaturated/α-hetero) is 1. The molecular formula is C30H25F4NO3. The van der Waals surface area contributed by atoms with Crippen molar-refractivity contribution in [3.8, 4) is 11.1 Å². The van der Waals surface area contributed by atoms with Crippen LogP contribution in [-0.4, -0.2) is 35.5 Å². The first-order chi connectivity index (χ1) is 18.2. The topological polar surface area (TPSA) is 46.6 Å². The minimum Gasteiger partial charge on any atom is -0.448 e. The Morgan fingerprint density at radius 2 is 1.42 bits per heavy atom. The first-order valence-electron chi connectivity index (χ1n) is 12.8. The van der Waals surface area contributed by atoms with Gasteiger partial charge in [0.25, 0.3) is 0 Å². The molecular weight excluding hydrogens is 498 g/mol. The maximum absolute atomic E-state index is 14.6. The number of halogens is 4. The third-order valence-corrected chi connectivity index (χ3v) is 8.22. The number of amides is 1. The number of hydrogen-bond acceptors (Lipinski definition) is 3. The third kappa shape index (κ3) is 4.06. The number of carbonyl (C=O) groups excluding carboxylic acids is 2. The highest BCUT2D eigenvalue weighted by Gasteiger charge is 2.47. The van der Waals surface area contributed by atoms with Gasteiger partial charge in [-0.2, -0.15) is 13.2 Å². The second-order valence-electron chi connectivity index (χ2n) is 10.3. The van der Waals surface area contributed by atoms with Crippen molar-refractivity contribution in [2.75, 3.05) is 6.61 Å². The monoisotopic (exact) mass is 523 g/mol. The standard InChI is InChI=1S/C30H25F4NO3/c31-27-24(10-5-11-26(27)30(32,33)34)28(36)17-14-18-12-13-19(15-17)35(18)29(37)38-16-25-22-8-3-1-6-20(22)21-7-2-4-9-23(21)25/h1-11,17-19,25H,12-16H2. The fourth-order valence-electron chi connectivity index (χ4n) is 6.52. The minimum atomic E-state index is -4.88. The van der Waals surface area contributed by atoms with E-state index >= 15 is 0 Å². The molecule has 3 aromatic carbocycles. The van der Waals surface area contributed by atoms with Crippen molar-refractivity contribution >= 4 is 11.9 Å². The SMILES string of the molecule is O=C(c1cccc(C(F)(F)F)c1F)C1CC2CCC(C1)N2C(=O)OCC1c2ccccc2-c2ccccc21. The summed E-state index contributed by atoms with van der Waals surface area (Å²) in [6.45, 7) is 0.181. The van der Waals surface area contributed by atoms with E-state index in [9.17, 15) is 27.2 Å². The van der Waals surface area contributed by atoms with Crippen LogP contribution in [0.25, 0.3) is 11.1 Å². The van der Waals surface area contributed by atoms with E-state index in [1.807, 2.05) is 36.4 Å². The van der Waals surface area contributed by atoms with E-state index in [4.69, 9.17) is 4.74 Å². The Morgan fingerprint density at radius 1 is 0.842 bits per heavy atom. The van der Waals surface area contributed by atoms with Gasteiger partial charge in [-0.15, -0.1) is 0 Å². The molecule has 0 radical (unpaired) electrons. The van der Waals surface area contributed by atoms with Crippen molar-refractivity contribution in [3.05, 3.63) is 94.8 Å². The van der Waals surface area contributed by atoms with Crippen LogP contribution in [0.5, 0.6) is 0 Å². The quantitative estimate of drug-likeness (QED) is 0.268. The highest BCUT2D eigenvalue weighted by molar-refractivity contribution is 5.98. The van der Waals surface area contributed by atoms with Crippen molar-refractivity contribution in [2.24, 2.45) is 5.92 Å². The van der Waals surface area contributed by atoms with Gasteiger partial charge in [0, 0.05) is 23.9 Å². The first kappa shape index (κ1) is 24.6. The molecule has 3 aromatic rings. The molecule has 0 N–H and O–H groups in total. The molecule has 2 bridgehead atoms. The predicted molar refractivity (Wildman–Crippen MR) is 132 cm³/mol. The fourth-order valence-corrected chi connectivity index (χ4v) is 6.52. The van der Waals surface area contributed by atoms with Crippen molar-refractivity contribution < 1.29 is 31.9 Å². The van der Waals surface area contributed by atoms with Gasteiger partial charge in [0.2, 0.25) is 0 Å². The van der Waals surface area contributed by atoms with Crippen molar-refractivity contribution in [1.29, 1.82) is 0 Å². The summed E-state index contributed by atoms with van der Waals surface area (Å²) < 4.78 is 59.9.